The standard InChI is InChI=1S/C12H21NO4S/c1-4-6-13-12(15)17-7-8-18-9-10(3)11(14)16-5-2/h3-9H2,1-2H3,(H,13,15). The Morgan fingerprint density at radius 2 is 2.00 bits per heavy atom. The van der Waals surface area contributed by atoms with Gasteiger partial charge >= 0.3 is 12.1 Å². The maximum atomic E-state index is 11.2. The van der Waals surface area contributed by atoms with Gasteiger partial charge < -0.3 is 14.8 Å². The summed E-state index contributed by atoms with van der Waals surface area (Å²) >= 11 is 1.48. The van der Waals surface area contributed by atoms with Crippen LogP contribution in [0.3, 0.4) is 0 Å². The van der Waals surface area contributed by atoms with Crippen LogP contribution >= 0.6 is 11.8 Å². The van der Waals surface area contributed by atoms with E-state index in [2.05, 4.69) is 11.9 Å². The molecule has 0 spiro atoms. The van der Waals surface area contributed by atoms with Gasteiger partial charge in [0.15, 0.2) is 0 Å². The Morgan fingerprint density at radius 3 is 2.61 bits per heavy atom. The molecule has 0 radical (unpaired) electrons. The van der Waals surface area contributed by atoms with Crippen LogP contribution in [0.2, 0.25) is 0 Å². The van der Waals surface area contributed by atoms with Crippen molar-refractivity contribution in [3.63, 3.8) is 0 Å². The second kappa shape index (κ2) is 11.0. The minimum atomic E-state index is -0.401. The van der Waals surface area contributed by atoms with E-state index in [0.29, 0.717) is 36.8 Å². The molecule has 0 saturated heterocycles. The van der Waals surface area contributed by atoms with Crippen molar-refractivity contribution in [1.82, 2.24) is 5.32 Å². The Kier molecular flexibility index (Phi) is 10.2. The zero-order valence-corrected chi connectivity index (χ0v) is 11.8. The summed E-state index contributed by atoms with van der Waals surface area (Å²) in [5, 5.41) is 2.60. The first-order valence-electron chi connectivity index (χ1n) is 5.95. The fraction of sp³-hybridized carbons (Fsp3) is 0.667. The number of alkyl carbamates (subject to hydrolysis) is 1. The van der Waals surface area contributed by atoms with E-state index in [4.69, 9.17) is 9.47 Å². The smallest absolute Gasteiger partial charge is 0.407 e. The number of esters is 1. The first kappa shape index (κ1) is 16.8. The number of carbonyl (C=O) groups excluding carboxylic acids is 2. The van der Waals surface area contributed by atoms with E-state index in [1.165, 1.54) is 11.8 Å². The highest BCUT2D eigenvalue weighted by molar-refractivity contribution is 7.99. The van der Waals surface area contributed by atoms with Gasteiger partial charge in [-0.2, -0.15) is 11.8 Å². The maximum absolute atomic E-state index is 11.2. The molecule has 0 atom stereocenters. The van der Waals surface area contributed by atoms with Gasteiger partial charge in [0.05, 0.1) is 6.61 Å². The molecule has 0 aliphatic rings. The summed E-state index contributed by atoms with van der Waals surface area (Å²) < 4.78 is 9.71. The van der Waals surface area contributed by atoms with Crippen molar-refractivity contribution < 1.29 is 19.1 Å². The molecule has 0 unspecified atom stereocenters. The summed E-state index contributed by atoms with van der Waals surface area (Å²) in [4.78, 5) is 22.3. The van der Waals surface area contributed by atoms with Gasteiger partial charge in [0.25, 0.3) is 0 Å². The Bertz CT molecular complexity index is 281. The average molecular weight is 275 g/mol. The largest absolute Gasteiger partial charge is 0.463 e. The van der Waals surface area contributed by atoms with Crippen LogP contribution in [-0.2, 0) is 14.3 Å². The van der Waals surface area contributed by atoms with Gasteiger partial charge in [0.1, 0.15) is 6.61 Å². The zero-order valence-electron chi connectivity index (χ0n) is 11.0. The lowest BCUT2D eigenvalue weighted by atomic mass is 10.4. The highest BCUT2D eigenvalue weighted by Crippen LogP contribution is 2.07. The van der Waals surface area contributed by atoms with Crippen molar-refractivity contribution in [3.05, 3.63) is 12.2 Å². The van der Waals surface area contributed by atoms with Gasteiger partial charge in [-0.25, -0.2) is 9.59 Å². The summed E-state index contributed by atoms with van der Waals surface area (Å²) in [5.74, 6) is 0.739. The molecule has 0 saturated carbocycles. The molecule has 5 nitrogen and oxygen atoms in total. The van der Waals surface area contributed by atoms with Crippen LogP contribution in [0.4, 0.5) is 4.79 Å². The SMILES string of the molecule is C=C(CSCCOC(=O)NCCC)C(=O)OCC. The predicted molar refractivity (Wildman–Crippen MR) is 72.7 cm³/mol. The molecule has 6 heteroatoms. The summed E-state index contributed by atoms with van der Waals surface area (Å²) in [6.07, 6.45) is 0.477. The molecule has 0 aromatic rings. The summed E-state index contributed by atoms with van der Waals surface area (Å²) in [7, 11) is 0. The Balaban J connectivity index is 3.48. The molecule has 0 bridgehead atoms. The van der Waals surface area contributed by atoms with Crippen LogP contribution in [-0.4, -0.2) is 43.3 Å². The third kappa shape index (κ3) is 8.92. The fourth-order valence-electron chi connectivity index (χ4n) is 0.959. The molecule has 0 heterocycles. The molecule has 0 rings (SSSR count). The van der Waals surface area contributed by atoms with Crippen molar-refractivity contribution >= 4 is 23.8 Å². The molecule has 0 aliphatic heterocycles. The third-order valence-corrected chi connectivity index (χ3v) is 2.83. The van der Waals surface area contributed by atoms with Gasteiger partial charge in [0.2, 0.25) is 0 Å². The maximum Gasteiger partial charge on any atom is 0.407 e. The highest BCUT2D eigenvalue weighted by Gasteiger charge is 2.07. The monoisotopic (exact) mass is 275 g/mol. The van der Waals surface area contributed by atoms with Crippen LogP contribution in [0.15, 0.2) is 12.2 Å². The number of thioether (sulfide) groups is 1. The van der Waals surface area contributed by atoms with Crippen LogP contribution in [0.1, 0.15) is 20.3 Å². The number of hydrogen-bond acceptors (Lipinski definition) is 5. The predicted octanol–water partition coefficient (Wildman–Crippen LogP) is 1.98. The number of amides is 1. The van der Waals surface area contributed by atoms with E-state index < -0.39 is 6.09 Å². The van der Waals surface area contributed by atoms with Gasteiger partial charge in [-0.15, -0.1) is 0 Å². The first-order valence-corrected chi connectivity index (χ1v) is 7.10. The number of ether oxygens (including phenoxy) is 2. The molecule has 0 fully saturated rings. The zero-order chi connectivity index (χ0) is 13.8. The fourth-order valence-corrected chi connectivity index (χ4v) is 1.67. The van der Waals surface area contributed by atoms with Gasteiger partial charge in [-0.1, -0.05) is 13.5 Å². The number of carbonyl (C=O) groups is 2. The van der Waals surface area contributed by atoms with E-state index in [1.807, 2.05) is 6.92 Å². The van der Waals surface area contributed by atoms with Crippen molar-refractivity contribution in [2.45, 2.75) is 20.3 Å². The van der Waals surface area contributed by atoms with Crippen LogP contribution in [0.25, 0.3) is 0 Å². The summed E-state index contributed by atoms with van der Waals surface area (Å²) in [6, 6.07) is 0. The van der Waals surface area contributed by atoms with Crippen LogP contribution in [0, 0.1) is 0 Å². The van der Waals surface area contributed by atoms with Crippen molar-refractivity contribution in [1.29, 1.82) is 0 Å². The minimum absolute atomic E-state index is 0.316. The molecule has 18 heavy (non-hydrogen) atoms. The topological polar surface area (TPSA) is 64.6 Å². The second-order valence-electron chi connectivity index (χ2n) is 3.44. The molecule has 0 aliphatic carbocycles. The van der Waals surface area contributed by atoms with Gasteiger partial charge in [-0.3, -0.25) is 0 Å². The highest BCUT2D eigenvalue weighted by atomic mass is 32.2. The molecule has 104 valence electrons. The van der Waals surface area contributed by atoms with Gasteiger partial charge in [-0.05, 0) is 13.3 Å². The van der Waals surface area contributed by atoms with E-state index in [0.717, 1.165) is 6.42 Å². The lowest BCUT2D eigenvalue weighted by Crippen LogP contribution is -2.25. The Morgan fingerprint density at radius 1 is 1.28 bits per heavy atom. The van der Waals surface area contributed by atoms with Crippen molar-refractivity contribution in [2.75, 3.05) is 31.3 Å². The van der Waals surface area contributed by atoms with Crippen molar-refractivity contribution in [2.24, 2.45) is 0 Å². The van der Waals surface area contributed by atoms with E-state index in [9.17, 15) is 9.59 Å². The number of rotatable bonds is 9. The lowest BCUT2D eigenvalue weighted by Gasteiger charge is -2.07. The van der Waals surface area contributed by atoms with E-state index in [1.54, 1.807) is 6.92 Å². The van der Waals surface area contributed by atoms with Gasteiger partial charge in [0, 0.05) is 23.6 Å². The molecule has 1 N–H and O–H groups in total. The molecule has 0 aromatic heterocycles. The van der Waals surface area contributed by atoms with Crippen LogP contribution in [0.5, 0.6) is 0 Å². The quantitative estimate of drug-likeness (QED) is 0.396. The van der Waals surface area contributed by atoms with Crippen molar-refractivity contribution in [3.8, 4) is 0 Å². The van der Waals surface area contributed by atoms with E-state index >= 15 is 0 Å². The Labute approximate surface area is 112 Å². The summed E-state index contributed by atoms with van der Waals surface area (Å²) in [5.41, 5.74) is 0.428. The Hall–Kier alpha value is -1.17. The lowest BCUT2D eigenvalue weighted by molar-refractivity contribution is -0.138. The number of nitrogens with one attached hydrogen (secondary N) is 1. The molecule has 0 aromatic carbocycles. The molecular formula is C12H21NO4S. The number of hydrogen-bond donors (Lipinski definition) is 1. The summed E-state index contributed by atoms with van der Waals surface area (Å²) in [6.45, 7) is 8.63. The molecule has 1 amide bonds. The van der Waals surface area contributed by atoms with Crippen LogP contribution < -0.4 is 5.32 Å². The van der Waals surface area contributed by atoms with E-state index in [-0.39, 0.29) is 5.97 Å². The second-order valence-corrected chi connectivity index (χ2v) is 4.54. The first-order chi connectivity index (χ1) is 8.61. The third-order valence-electron chi connectivity index (χ3n) is 1.82. The molecular weight excluding hydrogens is 254 g/mol. The average Bonchev–Trinajstić information content (AvgIpc) is 2.35. The minimum Gasteiger partial charge on any atom is -0.463 e. The normalized spacial score (nSPS) is 9.67.